The Morgan fingerprint density at radius 1 is 0.854 bits per heavy atom. The monoisotopic (exact) mass is 598 g/mol. The summed E-state index contributed by atoms with van der Waals surface area (Å²) in [5.74, 6) is 0.508. The number of piperidine rings is 2. The number of likely N-dealkylation sites (tertiary alicyclic amines) is 3. The molecule has 3 fully saturated rings. The van der Waals surface area contributed by atoms with Crippen molar-refractivity contribution in [2.24, 2.45) is 0 Å². The third-order valence-corrected chi connectivity index (χ3v) is 10.2. The lowest BCUT2D eigenvalue weighted by atomic mass is 9.82. The number of likely N-dealkylation sites (N-methyl/N-ethyl adjacent to an activating group) is 1. The summed E-state index contributed by atoms with van der Waals surface area (Å²) in [5.41, 5.74) is 1.44. The molecule has 1 unspecified atom stereocenters. The van der Waals surface area contributed by atoms with Gasteiger partial charge < -0.3 is 14.7 Å². The Kier molecular flexibility index (Phi) is 10.3. The van der Waals surface area contributed by atoms with Crippen LogP contribution >= 0.6 is 23.2 Å². The SMILES string of the molecule is CN(CC(CCN1CCC(C(=O)N2CCCC2)(N2CCCCC2)CC1)c1ccc(Cl)c(Cl)c1)C(=O)c1ccccc1. The van der Waals surface area contributed by atoms with E-state index in [1.807, 2.05) is 60.5 Å². The molecule has 0 bridgehead atoms. The molecule has 3 saturated heterocycles. The van der Waals surface area contributed by atoms with Gasteiger partial charge in [-0.15, -0.1) is 0 Å². The van der Waals surface area contributed by atoms with Crippen molar-refractivity contribution < 1.29 is 9.59 Å². The fourth-order valence-corrected chi connectivity index (χ4v) is 7.34. The van der Waals surface area contributed by atoms with Crippen molar-refractivity contribution in [1.29, 1.82) is 0 Å². The minimum Gasteiger partial charge on any atom is -0.341 e. The molecule has 222 valence electrons. The van der Waals surface area contributed by atoms with Crippen LogP contribution < -0.4 is 0 Å². The molecule has 0 radical (unpaired) electrons. The van der Waals surface area contributed by atoms with E-state index >= 15 is 0 Å². The van der Waals surface area contributed by atoms with E-state index in [1.165, 1.54) is 19.3 Å². The molecule has 5 rings (SSSR count). The summed E-state index contributed by atoms with van der Waals surface area (Å²) in [5, 5.41) is 1.08. The molecule has 6 nitrogen and oxygen atoms in total. The molecule has 3 heterocycles. The molecule has 0 N–H and O–H groups in total. The van der Waals surface area contributed by atoms with Gasteiger partial charge in [0.25, 0.3) is 5.91 Å². The second-order valence-corrected chi connectivity index (χ2v) is 12.9. The number of hydrogen-bond donors (Lipinski definition) is 0. The highest BCUT2D eigenvalue weighted by Crippen LogP contribution is 2.35. The van der Waals surface area contributed by atoms with Crippen LogP contribution in [-0.4, -0.2) is 96.4 Å². The van der Waals surface area contributed by atoms with E-state index in [0.717, 1.165) is 83.5 Å². The number of benzene rings is 2. The molecule has 2 aromatic carbocycles. The summed E-state index contributed by atoms with van der Waals surface area (Å²) in [4.78, 5) is 36.1. The van der Waals surface area contributed by atoms with E-state index < -0.39 is 0 Å². The first-order chi connectivity index (χ1) is 19.9. The predicted molar refractivity (Wildman–Crippen MR) is 167 cm³/mol. The summed E-state index contributed by atoms with van der Waals surface area (Å²) in [7, 11) is 1.87. The van der Waals surface area contributed by atoms with Crippen LogP contribution in [0.4, 0.5) is 0 Å². The second-order valence-electron chi connectivity index (χ2n) is 12.1. The lowest BCUT2D eigenvalue weighted by molar-refractivity contribution is -0.148. The van der Waals surface area contributed by atoms with E-state index in [0.29, 0.717) is 28.1 Å². The van der Waals surface area contributed by atoms with Gasteiger partial charge in [-0.3, -0.25) is 14.5 Å². The summed E-state index contributed by atoms with van der Waals surface area (Å²) in [6.45, 7) is 7.25. The molecular formula is C33H44Cl2N4O2. The molecule has 0 aliphatic carbocycles. The van der Waals surface area contributed by atoms with Gasteiger partial charge in [-0.05, 0) is 94.4 Å². The number of carbonyl (C=O) groups excluding carboxylic acids is 2. The summed E-state index contributed by atoms with van der Waals surface area (Å²) >= 11 is 12.7. The van der Waals surface area contributed by atoms with E-state index in [2.05, 4.69) is 14.7 Å². The molecule has 0 spiro atoms. The van der Waals surface area contributed by atoms with Crippen LogP contribution in [0.25, 0.3) is 0 Å². The van der Waals surface area contributed by atoms with Gasteiger partial charge in [0, 0.05) is 51.3 Å². The molecule has 8 heteroatoms. The minimum absolute atomic E-state index is 0.0142. The highest BCUT2D eigenvalue weighted by molar-refractivity contribution is 6.42. The van der Waals surface area contributed by atoms with Gasteiger partial charge in [-0.2, -0.15) is 0 Å². The van der Waals surface area contributed by atoms with Gasteiger partial charge in [0.1, 0.15) is 5.54 Å². The lowest BCUT2D eigenvalue weighted by Gasteiger charge is -2.50. The van der Waals surface area contributed by atoms with Crippen molar-refractivity contribution in [2.45, 2.75) is 62.8 Å². The van der Waals surface area contributed by atoms with Crippen molar-refractivity contribution in [2.75, 3.05) is 59.4 Å². The normalized spacial score (nSPS) is 20.6. The van der Waals surface area contributed by atoms with E-state index in [1.54, 1.807) is 0 Å². The minimum atomic E-state index is -0.341. The van der Waals surface area contributed by atoms with Crippen LogP contribution in [0, 0.1) is 0 Å². The molecule has 3 aliphatic heterocycles. The van der Waals surface area contributed by atoms with Crippen LogP contribution in [0.3, 0.4) is 0 Å². The second kappa shape index (κ2) is 13.9. The number of amides is 2. The topological polar surface area (TPSA) is 47.1 Å². The fourth-order valence-electron chi connectivity index (χ4n) is 7.03. The third-order valence-electron chi connectivity index (χ3n) is 9.51. The largest absolute Gasteiger partial charge is 0.341 e. The van der Waals surface area contributed by atoms with E-state index in [4.69, 9.17) is 23.2 Å². The Bertz CT molecular complexity index is 1170. The van der Waals surface area contributed by atoms with Crippen molar-refractivity contribution in [3.05, 3.63) is 69.7 Å². The molecule has 0 saturated carbocycles. The quantitative estimate of drug-likeness (QED) is 0.346. The number of nitrogens with zero attached hydrogens (tertiary/aromatic N) is 4. The summed E-state index contributed by atoms with van der Waals surface area (Å²) in [6.07, 6.45) is 8.60. The molecule has 0 aromatic heterocycles. The van der Waals surface area contributed by atoms with Gasteiger partial charge in [0.05, 0.1) is 10.0 Å². The molecule has 3 aliphatic rings. The Balaban J connectivity index is 1.26. The highest BCUT2D eigenvalue weighted by atomic mass is 35.5. The highest BCUT2D eigenvalue weighted by Gasteiger charge is 2.48. The zero-order chi connectivity index (χ0) is 28.8. The Morgan fingerprint density at radius 2 is 1.51 bits per heavy atom. The average molecular weight is 600 g/mol. The van der Waals surface area contributed by atoms with Crippen LogP contribution in [-0.2, 0) is 4.79 Å². The van der Waals surface area contributed by atoms with Crippen molar-refractivity contribution in [3.8, 4) is 0 Å². The number of rotatable bonds is 9. The number of carbonyl (C=O) groups is 2. The van der Waals surface area contributed by atoms with Crippen LogP contribution in [0.1, 0.15) is 73.2 Å². The maximum absolute atomic E-state index is 13.9. The van der Waals surface area contributed by atoms with Crippen molar-refractivity contribution in [1.82, 2.24) is 19.6 Å². The summed E-state index contributed by atoms with van der Waals surface area (Å²) in [6, 6.07) is 15.3. The van der Waals surface area contributed by atoms with Gasteiger partial charge in [0.2, 0.25) is 5.91 Å². The maximum Gasteiger partial charge on any atom is 0.253 e. The number of halogens is 2. The van der Waals surface area contributed by atoms with Crippen molar-refractivity contribution in [3.63, 3.8) is 0 Å². The van der Waals surface area contributed by atoms with E-state index in [9.17, 15) is 9.59 Å². The molecule has 2 amide bonds. The predicted octanol–water partition coefficient (Wildman–Crippen LogP) is 6.18. The Labute approximate surface area is 255 Å². The first-order valence-corrected chi connectivity index (χ1v) is 16.2. The van der Waals surface area contributed by atoms with Gasteiger partial charge in [0.15, 0.2) is 0 Å². The molecule has 41 heavy (non-hydrogen) atoms. The van der Waals surface area contributed by atoms with E-state index in [-0.39, 0.29) is 17.4 Å². The Morgan fingerprint density at radius 3 is 2.17 bits per heavy atom. The maximum atomic E-state index is 13.9. The lowest BCUT2D eigenvalue weighted by Crippen LogP contribution is -2.64. The Hall–Kier alpha value is -2.12. The van der Waals surface area contributed by atoms with Crippen molar-refractivity contribution >= 4 is 35.0 Å². The fraction of sp³-hybridized carbons (Fsp3) is 0.576. The van der Waals surface area contributed by atoms with Gasteiger partial charge in [-0.25, -0.2) is 0 Å². The first kappa shape index (κ1) is 30.3. The van der Waals surface area contributed by atoms with Gasteiger partial charge in [-0.1, -0.05) is 53.9 Å². The molecular weight excluding hydrogens is 555 g/mol. The number of hydrogen-bond acceptors (Lipinski definition) is 4. The van der Waals surface area contributed by atoms with Crippen LogP contribution in [0.15, 0.2) is 48.5 Å². The van der Waals surface area contributed by atoms with Crippen LogP contribution in [0.2, 0.25) is 10.0 Å². The zero-order valence-electron chi connectivity index (χ0n) is 24.4. The molecule has 1 atom stereocenters. The van der Waals surface area contributed by atoms with Gasteiger partial charge >= 0.3 is 0 Å². The average Bonchev–Trinajstić information content (AvgIpc) is 3.56. The third kappa shape index (κ3) is 7.10. The summed E-state index contributed by atoms with van der Waals surface area (Å²) < 4.78 is 0. The smallest absolute Gasteiger partial charge is 0.253 e. The van der Waals surface area contributed by atoms with Crippen LogP contribution in [0.5, 0.6) is 0 Å². The first-order valence-electron chi connectivity index (χ1n) is 15.4. The zero-order valence-corrected chi connectivity index (χ0v) is 25.9. The standard InChI is InChI=1S/C33H44Cl2N4O2/c1-36(31(40)26-10-4-2-5-11-26)25-28(27-12-13-29(34)30(35)24-27)14-21-37-22-15-33(16-23-37,39-19-6-3-7-20-39)32(41)38-17-8-9-18-38/h2,4-5,10-13,24,28H,3,6-9,14-23,25H2,1H3. The molecule has 2 aromatic rings.